The molecule has 0 heterocycles. The SMILES string of the molecule is CCCCCCCCCCNC1(CCl)CCCC1. The van der Waals surface area contributed by atoms with Crippen molar-refractivity contribution >= 4 is 11.6 Å². The molecule has 0 aliphatic heterocycles. The van der Waals surface area contributed by atoms with Crippen LogP contribution in [0.3, 0.4) is 0 Å². The molecule has 18 heavy (non-hydrogen) atoms. The average Bonchev–Trinajstić information content (AvgIpc) is 2.86. The van der Waals surface area contributed by atoms with E-state index in [-0.39, 0.29) is 0 Å². The number of alkyl halides is 1. The van der Waals surface area contributed by atoms with Gasteiger partial charge in [-0.25, -0.2) is 0 Å². The van der Waals surface area contributed by atoms with Gasteiger partial charge in [0.25, 0.3) is 0 Å². The van der Waals surface area contributed by atoms with Crippen LogP contribution in [0.1, 0.15) is 84.0 Å². The normalized spacial score (nSPS) is 18.3. The molecule has 0 bridgehead atoms. The van der Waals surface area contributed by atoms with Crippen molar-refractivity contribution in [1.29, 1.82) is 0 Å². The van der Waals surface area contributed by atoms with Gasteiger partial charge in [-0.3, -0.25) is 0 Å². The van der Waals surface area contributed by atoms with Crippen molar-refractivity contribution in [3.05, 3.63) is 0 Å². The average molecular weight is 274 g/mol. The molecule has 0 aromatic carbocycles. The topological polar surface area (TPSA) is 12.0 Å². The molecule has 108 valence electrons. The Hall–Kier alpha value is 0.250. The van der Waals surface area contributed by atoms with E-state index in [0.717, 1.165) is 5.88 Å². The molecule has 1 nitrogen and oxygen atoms in total. The first-order valence-electron chi connectivity index (χ1n) is 8.14. The second-order valence-electron chi connectivity index (χ2n) is 6.02. The van der Waals surface area contributed by atoms with Crippen LogP contribution >= 0.6 is 11.6 Å². The monoisotopic (exact) mass is 273 g/mol. The Balaban J connectivity index is 1.89. The molecule has 0 aromatic heterocycles. The minimum atomic E-state index is 0.294. The molecule has 0 saturated heterocycles. The third kappa shape index (κ3) is 6.43. The summed E-state index contributed by atoms with van der Waals surface area (Å²) in [5, 5.41) is 3.72. The predicted molar refractivity (Wildman–Crippen MR) is 82.5 cm³/mol. The number of halogens is 1. The summed E-state index contributed by atoms with van der Waals surface area (Å²) in [7, 11) is 0. The maximum atomic E-state index is 6.11. The van der Waals surface area contributed by atoms with Gasteiger partial charge in [0.05, 0.1) is 0 Å². The standard InChI is InChI=1S/C16H32ClN/c1-2-3-4-5-6-7-8-11-14-18-16(15-17)12-9-10-13-16/h18H,2-15H2,1H3. The maximum Gasteiger partial charge on any atom is 0.0406 e. The van der Waals surface area contributed by atoms with E-state index in [4.69, 9.17) is 11.6 Å². The highest BCUT2D eigenvalue weighted by atomic mass is 35.5. The zero-order chi connectivity index (χ0) is 13.1. The Bertz CT molecular complexity index is 188. The van der Waals surface area contributed by atoms with Gasteiger partial charge in [0.15, 0.2) is 0 Å². The molecule has 1 aliphatic carbocycles. The van der Waals surface area contributed by atoms with E-state index < -0.39 is 0 Å². The minimum Gasteiger partial charge on any atom is -0.310 e. The number of rotatable bonds is 11. The lowest BCUT2D eigenvalue weighted by atomic mass is 10.00. The highest BCUT2D eigenvalue weighted by Crippen LogP contribution is 2.30. The van der Waals surface area contributed by atoms with Crippen LogP contribution in [0.2, 0.25) is 0 Å². The number of hydrogen-bond acceptors (Lipinski definition) is 1. The van der Waals surface area contributed by atoms with Crippen LogP contribution in [0, 0.1) is 0 Å². The number of unbranched alkanes of at least 4 members (excludes halogenated alkanes) is 7. The summed E-state index contributed by atoms with van der Waals surface area (Å²) in [5.41, 5.74) is 0.294. The largest absolute Gasteiger partial charge is 0.310 e. The fraction of sp³-hybridized carbons (Fsp3) is 1.00. The highest BCUT2D eigenvalue weighted by Gasteiger charge is 2.31. The van der Waals surface area contributed by atoms with Crippen LogP contribution in [0.5, 0.6) is 0 Å². The molecule has 0 amide bonds. The minimum absolute atomic E-state index is 0.294. The lowest BCUT2D eigenvalue weighted by Crippen LogP contribution is -2.44. The molecule has 1 fully saturated rings. The van der Waals surface area contributed by atoms with Crippen LogP contribution in [0.4, 0.5) is 0 Å². The Morgan fingerprint density at radius 1 is 0.889 bits per heavy atom. The molecule has 1 saturated carbocycles. The van der Waals surface area contributed by atoms with E-state index in [1.54, 1.807) is 0 Å². The number of nitrogens with one attached hydrogen (secondary N) is 1. The zero-order valence-electron chi connectivity index (χ0n) is 12.3. The van der Waals surface area contributed by atoms with Crippen molar-refractivity contribution in [2.45, 2.75) is 89.5 Å². The van der Waals surface area contributed by atoms with Gasteiger partial charge in [0, 0.05) is 11.4 Å². The van der Waals surface area contributed by atoms with Gasteiger partial charge in [0.1, 0.15) is 0 Å². The molecule has 1 aliphatic rings. The van der Waals surface area contributed by atoms with Crippen LogP contribution in [0.25, 0.3) is 0 Å². The summed E-state index contributed by atoms with van der Waals surface area (Å²) in [4.78, 5) is 0. The molecule has 0 atom stereocenters. The van der Waals surface area contributed by atoms with Crippen molar-refractivity contribution in [2.24, 2.45) is 0 Å². The van der Waals surface area contributed by atoms with Crippen molar-refractivity contribution < 1.29 is 0 Å². The van der Waals surface area contributed by atoms with Gasteiger partial charge in [0.2, 0.25) is 0 Å². The van der Waals surface area contributed by atoms with E-state index in [0.29, 0.717) is 5.54 Å². The summed E-state index contributed by atoms with van der Waals surface area (Å²) >= 11 is 6.11. The first-order chi connectivity index (χ1) is 8.83. The molecule has 0 aromatic rings. The summed E-state index contributed by atoms with van der Waals surface area (Å²) in [6.45, 7) is 3.45. The van der Waals surface area contributed by atoms with Crippen LogP contribution in [0.15, 0.2) is 0 Å². The third-order valence-corrected chi connectivity index (χ3v) is 4.86. The molecule has 1 rings (SSSR count). The van der Waals surface area contributed by atoms with Gasteiger partial charge >= 0.3 is 0 Å². The predicted octanol–water partition coefficient (Wildman–Crippen LogP) is 5.27. The molecule has 1 N–H and O–H groups in total. The first-order valence-corrected chi connectivity index (χ1v) is 8.67. The maximum absolute atomic E-state index is 6.11. The number of hydrogen-bond donors (Lipinski definition) is 1. The fourth-order valence-corrected chi connectivity index (χ4v) is 3.38. The Labute approximate surface area is 119 Å². The van der Waals surface area contributed by atoms with E-state index in [1.165, 1.54) is 83.6 Å². The quantitative estimate of drug-likeness (QED) is 0.399. The van der Waals surface area contributed by atoms with Crippen LogP contribution in [-0.2, 0) is 0 Å². The van der Waals surface area contributed by atoms with Crippen LogP contribution < -0.4 is 5.32 Å². The second-order valence-corrected chi connectivity index (χ2v) is 6.29. The Kier molecular flexibility index (Phi) is 9.14. The highest BCUT2D eigenvalue weighted by molar-refractivity contribution is 6.18. The molecular weight excluding hydrogens is 242 g/mol. The lowest BCUT2D eigenvalue weighted by Gasteiger charge is -2.28. The molecule has 2 heteroatoms. The van der Waals surface area contributed by atoms with E-state index >= 15 is 0 Å². The fourth-order valence-electron chi connectivity index (χ4n) is 3.02. The molecular formula is C16H32ClN. The van der Waals surface area contributed by atoms with Gasteiger partial charge < -0.3 is 5.32 Å². The molecule has 0 unspecified atom stereocenters. The third-order valence-electron chi connectivity index (χ3n) is 4.35. The van der Waals surface area contributed by atoms with Gasteiger partial charge in [-0.05, 0) is 25.8 Å². The zero-order valence-corrected chi connectivity index (χ0v) is 13.0. The van der Waals surface area contributed by atoms with E-state index in [1.807, 2.05) is 0 Å². The van der Waals surface area contributed by atoms with Crippen molar-refractivity contribution in [3.8, 4) is 0 Å². The van der Waals surface area contributed by atoms with E-state index in [2.05, 4.69) is 12.2 Å². The van der Waals surface area contributed by atoms with E-state index in [9.17, 15) is 0 Å². The summed E-state index contributed by atoms with van der Waals surface area (Å²) < 4.78 is 0. The second kappa shape index (κ2) is 10.1. The summed E-state index contributed by atoms with van der Waals surface area (Å²) in [6.07, 6.45) is 16.5. The van der Waals surface area contributed by atoms with Crippen molar-refractivity contribution in [2.75, 3.05) is 12.4 Å². The summed E-state index contributed by atoms with van der Waals surface area (Å²) in [6, 6.07) is 0. The Morgan fingerprint density at radius 2 is 1.44 bits per heavy atom. The smallest absolute Gasteiger partial charge is 0.0406 e. The van der Waals surface area contributed by atoms with Crippen LogP contribution in [-0.4, -0.2) is 18.0 Å². The van der Waals surface area contributed by atoms with Gasteiger partial charge in [-0.1, -0.05) is 64.7 Å². The summed E-state index contributed by atoms with van der Waals surface area (Å²) in [5.74, 6) is 0.796. The Morgan fingerprint density at radius 3 is 2.00 bits per heavy atom. The van der Waals surface area contributed by atoms with Gasteiger partial charge in [-0.2, -0.15) is 0 Å². The lowest BCUT2D eigenvalue weighted by molar-refractivity contribution is 0.364. The first kappa shape index (κ1) is 16.3. The van der Waals surface area contributed by atoms with Crippen molar-refractivity contribution in [3.63, 3.8) is 0 Å². The molecule has 0 radical (unpaired) electrons. The van der Waals surface area contributed by atoms with Gasteiger partial charge in [-0.15, -0.1) is 11.6 Å². The van der Waals surface area contributed by atoms with Crippen molar-refractivity contribution in [1.82, 2.24) is 5.32 Å². The molecule has 0 spiro atoms.